The van der Waals surface area contributed by atoms with E-state index < -0.39 is 30.2 Å². The minimum Gasteiger partial charge on any atom is -0.469 e. The molecule has 0 saturated carbocycles. The van der Waals surface area contributed by atoms with Gasteiger partial charge in [-0.2, -0.15) is 0 Å². The molecule has 10 nitrogen and oxygen atoms in total. The van der Waals surface area contributed by atoms with Crippen LogP contribution in [0.5, 0.6) is 11.5 Å². The van der Waals surface area contributed by atoms with Gasteiger partial charge in [-0.1, -0.05) is 12.1 Å². The molecule has 0 radical (unpaired) electrons. The molecule has 0 aromatic heterocycles. The summed E-state index contributed by atoms with van der Waals surface area (Å²) in [6, 6.07) is 5.44. The molecule has 0 amide bonds. The summed E-state index contributed by atoms with van der Waals surface area (Å²) in [5.74, 6) is 0.271. The molecule has 4 atom stereocenters. The van der Waals surface area contributed by atoms with Gasteiger partial charge in [-0.25, -0.2) is 0 Å². The van der Waals surface area contributed by atoms with E-state index in [0.717, 1.165) is 5.56 Å². The number of benzene rings is 1. The Morgan fingerprint density at radius 2 is 1.59 bits per heavy atom. The zero-order chi connectivity index (χ0) is 23.3. The summed E-state index contributed by atoms with van der Waals surface area (Å²) in [7, 11) is 5.85. The standard InChI is InChI=1S/C22H32O10/c1-6-17(28-11-24-2)22(32-13-26-4)21(31-12-25-3)16(10-20(23)27-5)15-7-8-18-19(9-15)30-14-29-18/h6-9,16-17,21-22H,1,10-14H2,2-5H3/t16-,17-,21+,22+/m0/s1. The van der Waals surface area contributed by atoms with E-state index in [0.29, 0.717) is 11.5 Å². The number of carbonyl (C=O) groups is 1. The van der Waals surface area contributed by atoms with Gasteiger partial charge < -0.3 is 42.6 Å². The zero-order valence-electron chi connectivity index (χ0n) is 18.9. The Bertz CT molecular complexity index is 710. The Kier molecular flexibility index (Phi) is 11.4. The Morgan fingerprint density at radius 3 is 2.22 bits per heavy atom. The summed E-state index contributed by atoms with van der Waals surface area (Å²) in [4.78, 5) is 12.4. The van der Waals surface area contributed by atoms with Crippen LogP contribution < -0.4 is 9.47 Å². The number of rotatable bonds is 16. The minimum atomic E-state index is -0.724. The highest BCUT2D eigenvalue weighted by Crippen LogP contribution is 2.38. The van der Waals surface area contributed by atoms with Gasteiger partial charge in [0.25, 0.3) is 0 Å². The van der Waals surface area contributed by atoms with E-state index in [1.165, 1.54) is 28.4 Å². The van der Waals surface area contributed by atoms with Crippen LogP contribution in [0.15, 0.2) is 30.9 Å². The van der Waals surface area contributed by atoms with Crippen molar-refractivity contribution in [3.63, 3.8) is 0 Å². The Morgan fingerprint density at radius 1 is 0.969 bits per heavy atom. The van der Waals surface area contributed by atoms with Gasteiger partial charge in [0.2, 0.25) is 6.79 Å². The second kappa shape index (κ2) is 14.0. The summed E-state index contributed by atoms with van der Waals surface area (Å²) in [5.41, 5.74) is 0.765. The highest BCUT2D eigenvalue weighted by molar-refractivity contribution is 5.70. The second-order valence-corrected chi connectivity index (χ2v) is 6.85. The summed E-state index contributed by atoms with van der Waals surface area (Å²) in [5, 5.41) is 0. The maximum Gasteiger partial charge on any atom is 0.306 e. The molecule has 1 heterocycles. The van der Waals surface area contributed by atoms with Crippen molar-refractivity contribution in [3.8, 4) is 11.5 Å². The van der Waals surface area contributed by atoms with E-state index in [9.17, 15) is 4.79 Å². The monoisotopic (exact) mass is 456 g/mol. The highest BCUT2D eigenvalue weighted by atomic mass is 16.7. The van der Waals surface area contributed by atoms with E-state index in [-0.39, 0.29) is 33.6 Å². The van der Waals surface area contributed by atoms with Crippen LogP contribution in [-0.2, 0) is 38.0 Å². The molecule has 1 aromatic carbocycles. The molecule has 0 fully saturated rings. The minimum absolute atomic E-state index is 0.00546. The predicted octanol–water partition coefficient (Wildman–Crippen LogP) is 2.22. The van der Waals surface area contributed by atoms with Crippen molar-refractivity contribution in [3.05, 3.63) is 36.4 Å². The van der Waals surface area contributed by atoms with Crippen molar-refractivity contribution in [2.75, 3.05) is 55.6 Å². The van der Waals surface area contributed by atoms with Crippen molar-refractivity contribution in [2.24, 2.45) is 0 Å². The lowest BCUT2D eigenvalue weighted by Gasteiger charge is -2.36. The van der Waals surface area contributed by atoms with E-state index in [2.05, 4.69) is 6.58 Å². The number of ether oxygens (including phenoxy) is 9. The number of hydrogen-bond donors (Lipinski definition) is 0. The SMILES string of the molecule is C=C[C@H](OCOC)[C@@H](OCOC)[C@H](OCOC)[C@@H](CC(=O)OC)c1ccc2c(c1)OCO2. The molecule has 0 aliphatic carbocycles. The molecule has 0 spiro atoms. The van der Waals surface area contributed by atoms with Gasteiger partial charge in [0.1, 0.15) is 32.6 Å². The molecule has 1 aromatic rings. The molecule has 180 valence electrons. The molecular weight excluding hydrogens is 424 g/mol. The fourth-order valence-electron chi connectivity index (χ4n) is 3.38. The Hall–Kier alpha value is -2.21. The van der Waals surface area contributed by atoms with Crippen molar-refractivity contribution in [2.45, 2.75) is 30.7 Å². The summed E-state index contributed by atoms with van der Waals surface area (Å²) >= 11 is 0. The third-order valence-electron chi connectivity index (χ3n) is 4.85. The van der Waals surface area contributed by atoms with Gasteiger partial charge >= 0.3 is 5.97 Å². The van der Waals surface area contributed by atoms with Crippen molar-refractivity contribution in [1.82, 2.24) is 0 Å². The number of carbonyl (C=O) groups excluding carboxylic acids is 1. The summed E-state index contributed by atoms with van der Waals surface area (Å²) < 4.78 is 48.9. The number of fused-ring (bicyclic) bond motifs is 1. The van der Waals surface area contributed by atoms with Crippen LogP contribution in [0.4, 0.5) is 0 Å². The van der Waals surface area contributed by atoms with Gasteiger partial charge in [-0.15, -0.1) is 6.58 Å². The molecule has 1 aliphatic heterocycles. The topological polar surface area (TPSA) is 100 Å². The highest BCUT2D eigenvalue weighted by Gasteiger charge is 2.39. The molecule has 0 unspecified atom stereocenters. The smallest absolute Gasteiger partial charge is 0.306 e. The van der Waals surface area contributed by atoms with Crippen molar-refractivity contribution < 1.29 is 47.4 Å². The fraction of sp³-hybridized carbons (Fsp3) is 0.591. The molecule has 0 N–H and O–H groups in total. The summed E-state index contributed by atoms with van der Waals surface area (Å²) in [6.45, 7) is 3.90. The normalized spacial score (nSPS) is 16.2. The first-order valence-electron chi connectivity index (χ1n) is 10.00. The lowest BCUT2D eigenvalue weighted by atomic mass is 9.85. The Labute approximate surface area is 188 Å². The van der Waals surface area contributed by atoms with Crippen LogP contribution in [0, 0.1) is 0 Å². The van der Waals surface area contributed by atoms with Crippen molar-refractivity contribution >= 4 is 5.97 Å². The molecule has 10 heteroatoms. The second-order valence-electron chi connectivity index (χ2n) is 6.85. The quantitative estimate of drug-likeness (QED) is 0.209. The largest absolute Gasteiger partial charge is 0.469 e. The van der Waals surface area contributed by atoms with Gasteiger partial charge in [-0.05, 0) is 17.7 Å². The Balaban J connectivity index is 2.47. The molecule has 0 bridgehead atoms. The van der Waals surface area contributed by atoms with Crippen LogP contribution in [0.1, 0.15) is 17.9 Å². The average molecular weight is 456 g/mol. The maximum atomic E-state index is 12.4. The number of hydrogen-bond acceptors (Lipinski definition) is 10. The third-order valence-corrected chi connectivity index (χ3v) is 4.85. The van der Waals surface area contributed by atoms with Crippen molar-refractivity contribution in [1.29, 1.82) is 0 Å². The van der Waals surface area contributed by atoms with Crippen LogP contribution in [-0.4, -0.2) is 79.9 Å². The number of esters is 1. The molecule has 1 aliphatic rings. The van der Waals surface area contributed by atoms with Gasteiger partial charge in [-0.3, -0.25) is 4.79 Å². The zero-order valence-corrected chi connectivity index (χ0v) is 18.9. The first-order valence-corrected chi connectivity index (χ1v) is 10.00. The molecule has 0 saturated heterocycles. The maximum absolute atomic E-state index is 12.4. The first-order chi connectivity index (χ1) is 15.6. The van der Waals surface area contributed by atoms with E-state index >= 15 is 0 Å². The van der Waals surface area contributed by atoms with E-state index in [1.807, 2.05) is 12.1 Å². The van der Waals surface area contributed by atoms with Gasteiger partial charge in [0, 0.05) is 27.2 Å². The van der Waals surface area contributed by atoms with Crippen LogP contribution >= 0.6 is 0 Å². The van der Waals surface area contributed by atoms with E-state index in [1.54, 1.807) is 12.1 Å². The molecular formula is C22H32O10. The lowest BCUT2D eigenvalue weighted by molar-refractivity contribution is -0.203. The predicted molar refractivity (Wildman–Crippen MR) is 112 cm³/mol. The van der Waals surface area contributed by atoms with Crippen LogP contribution in [0.3, 0.4) is 0 Å². The lowest BCUT2D eigenvalue weighted by Crippen LogP contribution is -2.46. The first kappa shape index (κ1) is 26.0. The van der Waals surface area contributed by atoms with Crippen LogP contribution in [0.2, 0.25) is 0 Å². The third kappa shape index (κ3) is 7.16. The fourth-order valence-corrected chi connectivity index (χ4v) is 3.38. The molecule has 2 rings (SSSR count). The van der Waals surface area contributed by atoms with Gasteiger partial charge in [0.15, 0.2) is 11.5 Å². The van der Waals surface area contributed by atoms with Crippen LogP contribution in [0.25, 0.3) is 0 Å². The van der Waals surface area contributed by atoms with Gasteiger partial charge in [0.05, 0.1) is 19.6 Å². The summed E-state index contributed by atoms with van der Waals surface area (Å²) in [6.07, 6.45) is -0.494. The van der Waals surface area contributed by atoms with E-state index in [4.69, 9.17) is 42.6 Å². The molecule has 32 heavy (non-hydrogen) atoms. The number of methoxy groups -OCH3 is 4. The average Bonchev–Trinajstić information content (AvgIpc) is 3.29.